The van der Waals surface area contributed by atoms with E-state index in [1.54, 1.807) is 0 Å². The average molecular weight is 469 g/mol. The molecule has 174 valence electrons. The van der Waals surface area contributed by atoms with Crippen LogP contribution >= 0.6 is 0 Å². The van der Waals surface area contributed by atoms with Crippen molar-refractivity contribution in [2.75, 3.05) is 0 Å². The minimum absolute atomic E-state index is 0.137. The highest BCUT2D eigenvalue weighted by Crippen LogP contribution is 2.69. The van der Waals surface area contributed by atoms with Crippen molar-refractivity contribution >= 4 is 17.3 Å². The smallest absolute Gasteiger partial charge is 0.336 e. The highest BCUT2D eigenvalue weighted by molar-refractivity contribution is 6.26. The molecule has 4 aromatic carbocycles. The molecule has 0 amide bonds. The van der Waals surface area contributed by atoms with E-state index in [4.69, 9.17) is 4.74 Å². The number of carbonyl (C=O) groups is 2. The number of ketones is 1. The Hall–Kier alpha value is -4.24. The van der Waals surface area contributed by atoms with E-state index in [1.165, 1.54) is 0 Å². The van der Waals surface area contributed by atoms with Gasteiger partial charge in [0.2, 0.25) is 11.4 Å². The zero-order valence-electron chi connectivity index (χ0n) is 20.2. The fourth-order valence-corrected chi connectivity index (χ4v) is 6.84. The number of benzene rings is 4. The molecule has 3 nitrogen and oxygen atoms in total. The maximum atomic E-state index is 14.6. The average Bonchev–Trinajstić information content (AvgIpc) is 3.41. The van der Waals surface area contributed by atoms with Crippen LogP contribution in [0, 0.1) is 13.8 Å². The summed E-state index contributed by atoms with van der Waals surface area (Å²) in [5, 5.41) is 0. The summed E-state index contributed by atoms with van der Waals surface area (Å²) in [5.41, 5.74) is 6.56. The molecule has 0 N–H and O–H groups in total. The molecule has 0 aromatic heterocycles. The molecule has 1 aliphatic heterocycles. The molecular weight excluding hydrogens is 444 g/mol. The predicted octanol–water partition coefficient (Wildman–Crippen LogP) is 6.14. The summed E-state index contributed by atoms with van der Waals surface area (Å²) in [5.74, 6) is -0.541. The van der Waals surface area contributed by atoms with Gasteiger partial charge in [-0.05, 0) is 47.2 Å². The van der Waals surface area contributed by atoms with E-state index in [9.17, 15) is 9.59 Å². The van der Waals surface area contributed by atoms with Crippen LogP contribution < -0.4 is 0 Å². The molecule has 1 heterocycles. The number of ether oxygens (including phenoxy) is 1. The standard InChI is InChI=1S/C33H24O3/c1-20-16-17-21(2)28(18-20)32-26-14-8-6-12-23(26)29-25(19-22-10-4-3-5-11-22)31(35)36-33(29,32)30(34)24-13-7-9-15-27(24)32/h3-18H,19H2,1-2H3/t32-,33-/m0/s1. The van der Waals surface area contributed by atoms with E-state index >= 15 is 0 Å². The molecule has 0 saturated heterocycles. The Kier molecular flexibility index (Phi) is 4.18. The Labute approximate surface area is 210 Å². The first-order valence-corrected chi connectivity index (χ1v) is 12.3. The molecule has 0 saturated carbocycles. The monoisotopic (exact) mass is 468 g/mol. The molecule has 2 aliphatic carbocycles. The Morgan fingerprint density at radius 1 is 0.694 bits per heavy atom. The minimum atomic E-state index is -1.46. The van der Waals surface area contributed by atoms with Crippen LogP contribution in [0.4, 0.5) is 0 Å². The number of esters is 1. The Bertz CT molecular complexity index is 1640. The molecule has 7 rings (SSSR count). The van der Waals surface area contributed by atoms with Crippen LogP contribution in [0.2, 0.25) is 0 Å². The van der Waals surface area contributed by atoms with E-state index in [2.05, 4.69) is 38.1 Å². The van der Waals surface area contributed by atoms with Gasteiger partial charge in [-0.3, -0.25) is 4.79 Å². The zero-order valence-corrected chi connectivity index (χ0v) is 20.2. The third-order valence-electron chi connectivity index (χ3n) is 8.19. The summed E-state index contributed by atoms with van der Waals surface area (Å²) in [4.78, 5) is 28.3. The molecule has 0 fully saturated rings. The van der Waals surface area contributed by atoms with Crippen molar-refractivity contribution < 1.29 is 14.3 Å². The number of hydrogen-bond donors (Lipinski definition) is 0. The van der Waals surface area contributed by atoms with Crippen LogP contribution in [0.1, 0.15) is 49.3 Å². The molecule has 0 bridgehead atoms. The van der Waals surface area contributed by atoms with Gasteiger partial charge in [0.1, 0.15) is 0 Å². The van der Waals surface area contributed by atoms with Crippen molar-refractivity contribution in [3.05, 3.63) is 147 Å². The number of carbonyl (C=O) groups excluding carboxylic acids is 2. The fourth-order valence-electron chi connectivity index (χ4n) is 6.84. The first kappa shape index (κ1) is 21.1. The van der Waals surface area contributed by atoms with Crippen LogP contribution in [0.15, 0.2) is 103 Å². The zero-order chi connectivity index (χ0) is 24.7. The summed E-state index contributed by atoms with van der Waals surface area (Å²) in [6.07, 6.45) is 0.414. The van der Waals surface area contributed by atoms with Crippen molar-refractivity contribution in [2.45, 2.75) is 31.3 Å². The second-order valence-corrected chi connectivity index (χ2v) is 10.1. The minimum Gasteiger partial charge on any atom is -0.441 e. The SMILES string of the molecule is Cc1ccc(C)c([C@]23c4ccccc4C(=O)[C@]24OC(=O)C(Cc2ccccc2)=C4c2ccccc23)c1. The molecule has 4 aromatic rings. The Balaban J connectivity index is 1.66. The molecule has 3 heteroatoms. The van der Waals surface area contributed by atoms with Crippen LogP contribution in [-0.2, 0) is 21.4 Å². The number of rotatable bonds is 3. The Morgan fingerprint density at radius 3 is 2.08 bits per heavy atom. The van der Waals surface area contributed by atoms with E-state index in [1.807, 2.05) is 72.8 Å². The van der Waals surface area contributed by atoms with Crippen LogP contribution in [0.5, 0.6) is 0 Å². The van der Waals surface area contributed by atoms with Crippen molar-refractivity contribution in [3.63, 3.8) is 0 Å². The van der Waals surface area contributed by atoms with Crippen molar-refractivity contribution in [2.24, 2.45) is 0 Å². The summed E-state index contributed by atoms with van der Waals surface area (Å²) in [6, 6.07) is 32.2. The summed E-state index contributed by atoms with van der Waals surface area (Å²) in [7, 11) is 0. The molecule has 0 radical (unpaired) electrons. The largest absolute Gasteiger partial charge is 0.441 e. The first-order chi connectivity index (χ1) is 17.5. The van der Waals surface area contributed by atoms with E-state index < -0.39 is 17.0 Å². The lowest BCUT2D eigenvalue weighted by Crippen LogP contribution is -2.51. The fraction of sp³-hybridized carbons (Fsp3) is 0.152. The van der Waals surface area contributed by atoms with Crippen LogP contribution in [0.3, 0.4) is 0 Å². The lowest BCUT2D eigenvalue weighted by molar-refractivity contribution is -0.145. The second-order valence-electron chi connectivity index (χ2n) is 10.1. The van der Waals surface area contributed by atoms with Gasteiger partial charge in [-0.1, -0.05) is 103 Å². The lowest BCUT2D eigenvalue weighted by Gasteiger charge is -2.39. The van der Waals surface area contributed by atoms with Gasteiger partial charge < -0.3 is 4.74 Å². The lowest BCUT2D eigenvalue weighted by atomic mass is 9.64. The number of hydrogen-bond acceptors (Lipinski definition) is 3. The van der Waals surface area contributed by atoms with E-state index in [-0.39, 0.29) is 5.78 Å². The van der Waals surface area contributed by atoms with Crippen molar-refractivity contribution in [3.8, 4) is 0 Å². The van der Waals surface area contributed by atoms with Gasteiger partial charge in [-0.2, -0.15) is 0 Å². The van der Waals surface area contributed by atoms with Gasteiger partial charge in [0.15, 0.2) is 0 Å². The third-order valence-corrected chi connectivity index (χ3v) is 8.19. The predicted molar refractivity (Wildman–Crippen MR) is 139 cm³/mol. The van der Waals surface area contributed by atoms with E-state index in [0.29, 0.717) is 17.6 Å². The molecule has 2 atom stereocenters. The van der Waals surface area contributed by atoms with Gasteiger partial charge in [0, 0.05) is 23.1 Å². The normalized spacial score (nSPS) is 23.3. The molecule has 1 spiro atoms. The molecular formula is C33H24O3. The van der Waals surface area contributed by atoms with Gasteiger partial charge >= 0.3 is 5.97 Å². The molecule has 36 heavy (non-hydrogen) atoms. The number of Topliss-reactive ketones (excluding diaryl/α,β-unsaturated/α-hetero) is 1. The number of aryl methyl sites for hydroxylation is 2. The maximum Gasteiger partial charge on any atom is 0.336 e. The third kappa shape index (κ3) is 2.33. The topological polar surface area (TPSA) is 43.4 Å². The second kappa shape index (κ2) is 7.14. The molecule has 3 aliphatic rings. The van der Waals surface area contributed by atoms with Crippen LogP contribution in [0.25, 0.3) is 5.57 Å². The van der Waals surface area contributed by atoms with Gasteiger partial charge in [0.05, 0.1) is 5.41 Å². The van der Waals surface area contributed by atoms with Gasteiger partial charge in [0.25, 0.3) is 0 Å². The summed E-state index contributed by atoms with van der Waals surface area (Å²) >= 11 is 0. The summed E-state index contributed by atoms with van der Waals surface area (Å²) < 4.78 is 6.45. The highest BCUT2D eigenvalue weighted by atomic mass is 16.6. The molecule has 0 unspecified atom stereocenters. The first-order valence-electron chi connectivity index (χ1n) is 12.3. The van der Waals surface area contributed by atoms with Gasteiger partial charge in [-0.25, -0.2) is 4.79 Å². The maximum absolute atomic E-state index is 14.6. The van der Waals surface area contributed by atoms with E-state index in [0.717, 1.165) is 44.5 Å². The highest BCUT2D eigenvalue weighted by Gasteiger charge is 2.76. The van der Waals surface area contributed by atoms with Crippen molar-refractivity contribution in [1.29, 1.82) is 0 Å². The summed E-state index contributed by atoms with van der Waals surface area (Å²) in [6.45, 7) is 4.14. The van der Waals surface area contributed by atoms with Gasteiger partial charge in [-0.15, -0.1) is 0 Å². The Morgan fingerprint density at radius 2 is 1.33 bits per heavy atom. The quantitative estimate of drug-likeness (QED) is 0.339. The van der Waals surface area contributed by atoms with Crippen molar-refractivity contribution in [1.82, 2.24) is 0 Å². The van der Waals surface area contributed by atoms with Crippen LogP contribution in [-0.4, -0.2) is 17.4 Å². The number of fused-ring (bicyclic) bond motifs is 5.